The first kappa shape index (κ1) is 11.4. The molecule has 6 heteroatoms. The number of nitrogens with zero attached hydrogens (tertiary/aromatic N) is 1. The summed E-state index contributed by atoms with van der Waals surface area (Å²) < 4.78 is 13.1. The quantitative estimate of drug-likeness (QED) is 0.441. The Morgan fingerprint density at radius 1 is 1.53 bits per heavy atom. The van der Waals surface area contributed by atoms with E-state index in [1.165, 1.54) is 6.07 Å². The largest absolute Gasteiger partial charge is 0.385 e. The summed E-state index contributed by atoms with van der Waals surface area (Å²) in [6.45, 7) is 1.16. The van der Waals surface area contributed by atoms with Gasteiger partial charge in [0.25, 0.3) is 0 Å². The van der Waals surface area contributed by atoms with Crippen molar-refractivity contribution < 1.29 is 9.31 Å². The van der Waals surface area contributed by atoms with Gasteiger partial charge in [0.1, 0.15) is 0 Å². The second-order valence-electron chi connectivity index (χ2n) is 2.99. The molecule has 3 N–H and O–H groups in total. The molecule has 0 saturated heterocycles. The van der Waals surface area contributed by atoms with Gasteiger partial charge < -0.3 is 11.1 Å². The van der Waals surface area contributed by atoms with E-state index >= 15 is 0 Å². The van der Waals surface area contributed by atoms with E-state index in [0.717, 1.165) is 18.6 Å². The molecule has 0 saturated carbocycles. The van der Waals surface area contributed by atoms with Crippen molar-refractivity contribution >= 4 is 11.4 Å². The van der Waals surface area contributed by atoms with Gasteiger partial charge in [-0.25, -0.2) is 0 Å². The summed E-state index contributed by atoms with van der Waals surface area (Å²) in [4.78, 5) is 9.57. The van der Waals surface area contributed by atoms with Crippen molar-refractivity contribution in [1.82, 2.24) is 0 Å². The number of anilines is 1. The molecular formula is C9H12FN3O2. The summed E-state index contributed by atoms with van der Waals surface area (Å²) in [6.07, 6.45) is 0.763. The van der Waals surface area contributed by atoms with Gasteiger partial charge in [0.2, 0.25) is 5.82 Å². The minimum atomic E-state index is -0.835. The van der Waals surface area contributed by atoms with Gasteiger partial charge in [-0.3, -0.25) is 10.1 Å². The van der Waals surface area contributed by atoms with Crippen LogP contribution in [0.25, 0.3) is 0 Å². The normalized spacial score (nSPS) is 10.0. The van der Waals surface area contributed by atoms with Crippen LogP contribution in [0.5, 0.6) is 0 Å². The summed E-state index contributed by atoms with van der Waals surface area (Å²) in [7, 11) is 0. The molecule has 0 atom stereocenters. The Labute approximate surface area is 86.2 Å². The molecule has 82 valence electrons. The third-order valence-electron chi connectivity index (χ3n) is 1.85. The van der Waals surface area contributed by atoms with Crippen LogP contribution in [-0.2, 0) is 0 Å². The Kier molecular flexibility index (Phi) is 3.99. The summed E-state index contributed by atoms with van der Waals surface area (Å²) >= 11 is 0. The van der Waals surface area contributed by atoms with Crippen molar-refractivity contribution in [3.05, 3.63) is 34.1 Å². The van der Waals surface area contributed by atoms with Crippen LogP contribution in [0.4, 0.5) is 15.8 Å². The van der Waals surface area contributed by atoms with Crippen LogP contribution >= 0.6 is 0 Å². The number of nitro benzene ring substituents is 1. The van der Waals surface area contributed by atoms with E-state index in [-0.39, 0.29) is 0 Å². The first-order valence-corrected chi connectivity index (χ1v) is 4.53. The van der Waals surface area contributed by atoms with Crippen LogP contribution in [-0.4, -0.2) is 18.0 Å². The van der Waals surface area contributed by atoms with E-state index in [0.29, 0.717) is 18.8 Å². The second-order valence-corrected chi connectivity index (χ2v) is 2.99. The van der Waals surface area contributed by atoms with E-state index in [4.69, 9.17) is 5.73 Å². The molecule has 0 unspecified atom stereocenters. The predicted molar refractivity (Wildman–Crippen MR) is 55.2 cm³/mol. The van der Waals surface area contributed by atoms with Crippen molar-refractivity contribution in [3.8, 4) is 0 Å². The van der Waals surface area contributed by atoms with E-state index in [2.05, 4.69) is 5.32 Å². The number of nitrogens with one attached hydrogen (secondary N) is 1. The van der Waals surface area contributed by atoms with Crippen molar-refractivity contribution in [2.24, 2.45) is 5.73 Å². The molecule has 5 nitrogen and oxygen atoms in total. The van der Waals surface area contributed by atoms with E-state index < -0.39 is 16.4 Å². The Hall–Kier alpha value is -1.69. The first-order valence-electron chi connectivity index (χ1n) is 4.53. The highest BCUT2D eigenvalue weighted by Gasteiger charge is 2.13. The molecule has 0 amide bonds. The van der Waals surface area contributed by atoms with Gasteiger partial charge in [0, 0.05) is 24.4 Å². The van der Waals surface area contributed by atoms with Crippen LogP contribution in [0.3, 0.4) is 0 Å². The molecule has 0 spiro atoms. The molecule has 0 aliphatic carbocycles. The number of benzene rings is 1. The lowest BCUT2D eigenvalue weighted by Gasteiger charge is -2.04. The highest BCUT2D eigenvalue weighted by molar-refractivity contribution is 5.49. The fourth-order valence-electron chi connectivity index (χ4n) is 1.10. The molecule has 0 aliphatic heterocycles. The molecule has 0 bridgehead atoms. The van der Waals surface area contributed by atoms with Gasteiger partial charge in [-0.1, -0.05) is 0 Å². The van der Waals surface area contributed by atoms with Gasteiger partial charge in [-0.05, 0) is 19.0 Å². The van der Waals surface area contributed by atoms with Crippen LogP contribution in [0, 0.1) is 15.9 Å². The maximum absolute atomic E-state index is 13.1. The molecule has 0 heterocycles. The van der Waals surface area contributed by atoms with Crippen LogP contribution in [0.2, 0.25) is 0 Å². The molecule has 1 aromatic rings. The topological polar surface area (TPSA) is 81.2 Å². The number of rotatable bonds is 5. The molecule has 0 radical (unpaired) electrons. The van der Waals surface area contributed by atoms with Crippen molar-refractivity contribution in [2.75, 3.05) is 18.4 Å². The molecular weight excluding hydrogens is 201 g/mol. The zero-order valence-electron chi connectivity index (χ0n) is 8.07. The lowest BCUT2D eigenvalue weighted by Crippen LogP contribution is -2.08. The van der Waals surface area contributed by atoms with Crippen molar-refractivity contribution in [3.63, 3.8) is 0 Å². The molecule has 0 aromatic heterocycles. The van der Waals surface area contributed by atoms with Gasteiger partial charge in [0.05, 0.1) is 4.92 Å². The fraction of sp³-hybridized carbons (Fsp3) is 0.333. The SMILES string of the molecule is NCCCNc1ccc([N+](=O)[O-])c(F)c1. The minimum Gasteiger partial charge on any atom is -0.385 e. The van der Waals surface area contributed by atoms with Crippen LogP contribution in [0.15, 0.2) is 18.2 Å². The molecule has 15 heavy (non-hydrogen) atoms. The summed E-state index contributed by atoms with van der Waals surface area (Å²) in [5.74, 6) is -0.835. The fourth-order valence-corrected chi connectivity index (χ4v) is 1.10. The number of hydrogen-bond donors (Lipinski definition) is 2. The molecule has 1 rings (SSSR count). The maximum atomic E-state index is 13.1. The third kappa shape index (κ3) is 3.17. The standard InChI is InChI=1S/C9H12FN3O2/c10-8-6-7(12-5-1-4-11)2-3-9(8)13(14)15/h2-3,6,12H,1,4-5,11H2. The summed E-state index contributed by atoms with van der Waals surface area (Å²) in [6, 6.07) is 3.71. The average Bonchev–Trinajstić information content (AvgIpc) is 2.17. The Morgan fingerprint density at radius 2 is 2.27 bits per heavy atom. The van der Waals surface area contributed by atoms with Crippen LogP contribution in [0.1, 0.15) is 6.42 Å². The Morgan fingerprint density at radius 3 is 2.80 bits per heavy atom. The second kappa shape index (κ2) is 5.26. The number of hydrogen-bond acceptors (Lipinski definition) is 4. The highest BCUT2D eigenvalue weighted by atomic mass is 19.1. The monoisotopic (exact) mass is 213 g/mol. The van der Waals surface area contributed by atoms with Gasteiger partial charge in [0.15, 0.2) is 0 Å². The predicted octanol–water partition coefficient (Wildman–Crippen LogP) is 1.49. The van der Waals surface area contributed by atoms with E-state index in [9.17, 15) is 14.5 Å². The number of nitro groups is 1. The summed E-state index contributed by atoms with van der Waals surface area (Å²) in [5.41, 5.74) is 5.29. The maximum Gasteiger partial charge on any atom is 0.304 e. The lowest BCUT2D eigenvalue weighted by molar-refractivity contribution is -0.387. The van der Waals surface area contributed by atoms with Crippen LogP contribution < -0.4 is 11.1 Å². The number of halogens is 1. The molecule has 0 aliphatic rings. The van der Waals surface area contributed by atoms with E-state index in [1.54, 1.807) is 0 Å². The molecule has 0 fully saturated rings. The zero-order chi connectivity index (χ0) is 11.3. The molecule has 1 aromatic carbocycles. The zero-order valence-corrected chi connectivity index (χ0v) is 8.07. The Balaban J connectivity index is 2.69. The Bertz CT molecular complexity index is 357. The van der Waals surface area contributed by atoms with Crippen molar-refractivity contribution in [1.29, 1.82) is 0 Å². The minimum absolute atomic E-state index is 0.514. The van der Waals surface area contributed by atoms with E-state index in [1.807, 2.05) is 0 Å². The third-order valence-corrected chi connectivity index (χ3v) is 1.85. The first-order chi connectivity index (χ1) is 7.15. The van der Waals surface area contributed by atoms with Gasteiger partial charge >= 0.3 is 5.69 Å². The average molecular weight is 213 g/mol. The summed E-state index contributed by atoms with van der Waals surface area (Å²) in [5, 5.41) is 13.2. The van der Waals surface area contributed by atoms with Gasteiger partial charge in [-0.2, -0.15) is 4.39 Å². The van der Waals surface area contributed by atoms with Crippen molar-refractivity contribution in [2.45, 2.75) is 6.42 Å². The van der Waals surface area contributed by atoms with Gasteiger partial charge in [-0.15, -0.1) is 0 Å². The lowest BCUT2D eigenvalue weighted by atomic mass is 10.2. The smallest absolute Gasteiger partial charge is 0.304 e. The highest BCUT2D eigenvalue weighted by Crippen LogP contribution is 2.20. The number of nitrogens with two attached hydrogens (primary N) is 1.